The fraction of sp³-hybridized carbons (Fsp3) is 0.136. The van der Waals surface area contributed by atoms with Crippen molar-refractivity contribution in [2.24, 2.45) is 4.99 Å². The van der Waals surface area contributed by atoms with E-state index < -0.39 is 0 Å². The zero-order chi connectivity index (χ0) is 17.5. The molecule has 0 radical (unpaired) electrons. The van der Waals surface area contributed by atoms with Gasteiger partial charge in [-0.25, -0.2) is 4.99 Å². The van der Waals surface area contributed by atoms with Crippen LogP contribution in [0.3, 0.4) is 0 Å². The summed E-state index contributed by atoms with van der Waals surface area (Å²) < 4.78 is 5.50. The van der Waals surface area contributed by atoms with E-state index in [-0.39, 0.29) is 0 Å². The van der Waals surface area contributed by atoms with Gasteiger partial charge in [0.2, 0.25) is 0 Å². The molecule has 3 aromatic rings. The van der Waals surface area contributed by atoms with Crippen LogP contribution in [-0.4, -0.2) is 12.4 Å². The number of aliphatic imine (C=N–C) groups is 1. The van der Waals surface area contributed by atoms with Crippen LogP contribution in [-0.2, 0) is 0 Å². The number of anilines is 1. The van der Waals surface area contributed by atoms with Crippen LogP contribution >= 0.6 is 0 Å². The van der Waals surface area contributed by atoms with Gasteiger partial charge < -0.3 is 10.1 Å². The van der Waals surface area contributed by atoms with E-state index in [0.717, 1.165) is 34.1 Å². The standard InChI is InChI=1S/C22H22N2O/c1-3-25-20-15-13-19(14-16-20)23-22(18-10-5-4-6-11-18)24-21-12-8-7-9-17(21)2/h4-16H,3H2,1-2H3,(H,23,24). The van der Waals surface area contributed by atoms with E-state index in [0.29, 0.717) is 6.61 Å². The second-order valence-electron chi connectivity index (χ2n) is 5.70. The predicted octanol–water partition coefficient (Wildman–Crippen LogP) is 5.58. The molecular weight excluding hydrogens is 308 g/mol. The Labute approximate surface area is 149 Å². The van der Waals surface area contributed by atoms with Gasteiger partial charge in [0.15, 0.2) is 0 Å². The molecule has 3 nitrogen and oxygen atoms in total. The Hall–Kier alpha value is -3.07. The first-order valence-corrected chi connectivity index (χ1v) is 8.46. The van der Waals surface area contributed by atoms with Gasteiger partial charge in [-0.1, -0.05) is 48.5 Å². The Morgan fingerprint density at radius 2 is 1.56 bits per heavy atom. The van der Waals surface area contributed by atoms with Crippen molar-refractivity contribution < 1.29 is 4.74 Å². The van der Waals surface area contributed by atoms with E-state index >= 15 is 0 Å². The van der Waals surface area contributed by atoms with E-state index in [9.17, 15) is 0 Å². The van der Waals surface area contributed by atoms with Crippen molar-refractivity contribution in [1.82, 2.24) is 0 Å². The van der Waals surface area contributed by atoms with E-state index in [1.54, 1.807) is 0 Å². The van der Waals surface area contributed by atoms with Crippen molar-refractivity contribution in [3.05, 3.63) is 90.0 Å². The molecule has 3 rings (SSSR count). The molecule has 0 fully saturated rings. The van der Waals surface area contributed by atoms with Gasteiger partial charge in [0, 0.05) is 11.3 Å². The summed E-state index contributed by atoms with van der Waals surface area (Å²) in [5.41, 5.74) is 4.11. The molecule has 0 unspecified atom stereocenters. The third-order valence-corrected chi connectivity index (χ3v) is 3.82. The first-order valence-electron chi connectivity index (χ1n) is 8.46. The molecule has 0 bridgehead atoms. The van der Waals surface area contributed by atoms with Crippen LogP contribution in [0.1, 0.15) is 18.1 Å². The number of para-hydroxylation sites is 1. The highest BCUT2D eigenvalue weighted by atomic mass is 16.5. The van der Waals surface area contributed by atoms with Gasteiger partial charge in [-0.15, -0.1) is 0 Å². The molecular formula is C22H22N2O. The minimum Gasteiger partial charge on any atom is -0.494 e. The summed E-state index contributed by atoms with van der Waals surface area (Å²) in [7, 11) is 0. The van der Waals surface area contributed by atoms with Crippen molar-refractivity contribution in [3.63, 3.8) is 0 Å². The minimum absolute atomic E-state index is 0.663. The largest absolute Gasteiger partial charge is 0.494 e. The maximum Gasteiger partial charge on any atom is 0.138 e. The molecule has 0 saturated carbocycles. The zero-order valence-electron chi connectivity index (χ0n) is 14.6. The molecule has 1 N–H and O–H groups in total. The molecule has 0 aromatic heterocycles. The average Bonchev–Trinajstić information content (AvgIpc) is 2.65. The molecule has 25 heavy (non-hydrogen) atoms. The van der Waals surface area contributed by atoms with Gasteiger partial charge in [-0.2, -0.15) is 0 Å². The Bertz CT molecular complexity index is 839. The topological polar surface area (TPSA) is 33.6 Å². The number of ether oxygens (including phenoxy) is 1. The number of rotatable bonds is 5. The summed E-state index contributed by atoms with van der Waals surface area (Å²) in [5.74, 6) is 1.68. The number of hydrogen-bond acceptors (Lipinski definition) is 2. The van der Waals surface area contributed by atoms with E-state index in [2.05, 4.69) is 30.4 Å². The summed E-state index contributed by atoms with van der Waals surface area (Å²) in [4.78, 5) is 4.86. The number of nitrogens with zero attached hydrogens (tertiary/aromatic N) is 1. The minimum atomic E-state index is 0.663. The van der Waals surface area contributed by atoms with Crippen LogP contribution in [0, 0.1) is 6.92 Å². The molecule has 0 aliphatic carbocycles. The molecule has 0 saturated heterocycles. The van der Waals surface area contributed by atoms with Gasteiger partial charge in [0.25, 0.3) is 0 Å². The Morgan fingerprint density at radius 1 is 0.880 bits per heavy atom. The van der Waals surface area contributed by atoms with Crippen LogP contribution in [0.4, 0.5) is 11.4 Å². The molecule has 0 atom stereocenters. The van der Waals surface area contributed by atoms with Crippen molar-refractivity contribution in [1.29, 1.82) is 0 Å². The SMILES string of the molecule is CCOc1ccc(NC(=Nc2ccccc2C)c2ccccc2)cc1. The van der Waals surface area contributed by atoms with Gasteiger partial charge in [-0.3, -0.25) is 0 Å². The van der Waals surface area contributed by atoms with Crippen molar-refractivity contribution >= 4 is 17.2 Å². The molecule has 0 spiro atoms. The highest BCUT2D eigenvalue weighted by Crippen LogP contribution is 2.21. The van der Waals surface area contributed by atoms with Crippen molar-refractivity contribution in [2.75, 3.05) is 11.9 Å². The number of benzene rings is 3. The van der Waals surface area contributed by atoms with Crippen molar-refractivity contribution in [3.8, 4) is 5.75 Å². The molecule has 3 heteroatoms. The van der Waals surface area contributed by atoms with E-state index in [4.69, 9.17) is 9.73 Å². The Morgan fingerprint density at radius 3 is 2.24 bits per heavy atom. The predicted molar refractivity (Wildman–Crippen MR) is 105 cm³/mol. The highest BCUT2D eigenvalue weighted by Gasteiger charge is 2.06. The number of nitrogens with one attached hydrogen (secondary N) is 1. The third kappa shape index (κ3) is 4.48. The summed E-state index contributed by atoms with van der Waals surface area (Å²) in [6.45, 7) is 4.71. The second-order valence-corrected chi connectivity index (χ2v) is 5.70. The molecule has 3 aromatic carbocycles. The monoisotopic (exact) mass is 330 g/mol. The fourth-order valence-corrected chi connectivity index (χ4v) is 2.51. The molecule has 0 aliphatic rings. The van der Waals surface area contributed by atoms with Crippen LogP contribution < -0.4 is 10.1 Å². The normalized spacial score (nSPS) is 11.2. The smallest absolute Gasteiger partial charge is 0.138 e. The first kappa shape index (κ1) is 16.8. The summed E-state index contributed by atoms with van der Waals surface area (Å²) in [6.07, 6.45) is 0. The van der Waals surface area contributed by atoms with Gasteiger partial charge in [0.05, 0.1) is 12.3 Å². The quantitative estimate of drug-likeness (QED) is 0.489. The Kier molecular flexibility index (Phi) is 5.47. The number of hydrogen-bond donors (Lipinski definition) is 1. The lowest BCUT2D eigenvalue weighted by Crippen LogP contribution is -2.13. The zero-order valence-corrected chi connectivity index (χ0v) is 14.6. The summed E-state index contributed by atoms with van der Waals surface area (Å²) >= 11 is 0. The van der Waals surface area contributed by atoms with Crippen LogP contribution in [0.15, 0.2) is 83.9 Å². The van der Waals surface area contributed by atoms with Gasteiger partial charge >= 0.3 is 0 Å². The third-order valence-electron chi connectivity index (χ3n) is 3.82. The van der Waals surface area contributed by atoms with Crippen LogP contribution in [0.5, 0.6) is 5.75 Å². The van der Waals surface area contributed by atoms with Crippen LogP contribution in [0.2, 0.25) is 0 Å². The van der Waals surface area contributed by atoms with E-state index in [1.165, 1.54) is 0 Å². The lowest BCUT2D eigenvalue weighted by atomic mass is 10.1. The van der Waals surface area contributed by atoms with Gasteiger partial charge in [-0.05, 0) is 49.7 Å². The summed E-state index contributed by atoms with van der Waals surface area (Å²) in [5, 5.41) is 3.43. The molecule has 0 amide bonds. The van der Waals surface area contributed by atoms with E-state index in [1.807, 2.05) is 67.6 Å². The number of amidine groups is 1. The lowest BCUT2D eigenvalue weighted by molar-refractivity contribution is 0.340. The highest BCUT2D eigenvalue weighted by molar-refractivity contribution is 6.09. The average molecular weight is 330 g/mol. The maximum atomic E-state index is 5.50. The maximum absolute atomic E-state index is 5.50. The molecule has 0 aliphatic heterocycles. The lowest BCUT2D eigenvalue weighted by Gasteiger charge is -2.12. The van der Waals surface area contributed by atoms with Crippen LogP contribution in [0.25, 0.3) is 0 Å². The molecule has 126 valence electrons. The van der Waals surface area contributed by atoms with Crippen molar-refractivity contribution in [2.45, 2.75) is 13.8 Å². The summed E-state index contributed by atoms with van der Waals surface area (Å²) in [6, 6.07) is 26.2. The second kappa shape index (κ2) is 8.15. The number of aryl methyl sites for hydroxylation is 1. The van der Waals surface area contributed by atoms with Gasteiger partial charge in [0.1, 0.15) is 11.6 Å². The Balaban J connectivity index is 1.93. The first-order chi connectivity index (χ1) is 12.3. The fourth-order valence-electron chi connectivity index (χ4n) is 2.51. The molecule has 0 heterocycles.